The molecule has 1 saturated heterocycles. The normalized spacial score (nSPS) is 23.8. The fourth-order valence-electron chi connectivity index (χ4n) is 2.46. The maximum absolute atomic E-state index is 3.51. The molecule has 2 aromatic rings. The summed E-state index contributed by atoms with van der Waals surface area (Å²) in [6, 6.07) is 21.9. The van der Waals surface area contributed by atoms with Gasteiger partial charge in [-0.25, -0.2) is 0 Å². The van der Waals surface area contributed by atoms with Gasteiger partial charge in [0, 0.05) is 6.67 Å². The van der Waals surface area contributed by atoms with Crippen LogP contribution in [0, 0.1) is 0 Å². The Bertz CT molecular complexity index is 421. The van der Waals surface area contributed by atoms with Crippen LogP contribution in [0.1, 0.15) is 23.2 Å². The van der Waals surface area contributed by atoms with Crippen LogP contribution in [0.5, 0.6) is 0 Å². The van der Waals surface area contributed by atoms with Crippen LogP contribution in [0.4, 0.5) is 0 Å². The van der Waals surface area contributed by atoms with Crippen molar-refractivity contribution >= 4 is 0 Å². The Morgan fingerprint density at radius 1 is 0.647 bits per heavy atom. The second-order valence-corrected chi connectivity index (χ2v) is 4.36. The minimum atomic E-state index is 0.360. The van der Waals surface area contributed by atoms with Gasteiger partial charge in [-0.15, -0.1) is 0 Å². The molecule has 2 nitrogen and oxygen atoms in total. The minimum Gasteiger partial charge on any atom is -0.296 e. The van der Waals surface area contributed by atoms with E-state index in [0.29, 0.717) is 12.1 Å². The molecule has 1 fully saturated rings. The highest BCUT2D eigenvalue weighted by Crippen LogP contribution is 2.31. The van der Waals surface area contributed by atoms with Gasteiger partial charge in [0.2, 0.25) is 0 Å². The highest BCUT2D eigenvalue weighted by Gasteiger charge is 2.28. The van der Waals surface area contributed by atoms with Gasteiger partial charge in [-0.05, 0) is 11.1 Å². The summed E-state index contributed by atoms with van der Waals surface area (Å²) in [5, 5.41) is 7.02. The summed E-state index contributed by atoms with van der Waals surface area (Å²) in [5.41, 5.74) is 2.68. The molecule has 86 valence electrons. The van der Waals surface area contributed by atoms with E-state index in [1.165, 1.54) is 11.1 Å². The molecule has 0 aliphatic carbocycles. The Kier molecular flexibility index (Phi) is 2.90. The molecule has 0 amide bonds. The lowest BCUT2D eigenvalue weighted by molar-refractivity contribution is 0.554. The molecule has 1 aliphatic heterocycles. The van der Waals surface area contributed by atoms with Gasteiger partial charge in [0.15, 0.2) is 0 Å². The summed E-state index contributed by atoms with van der Waals surface area (Å²) in [6.07, 6.45) is 0. The molecule has 2 aromatic carbocycles. The lowest BCUT2D eigenvalue weighted by Crippen LogP contribution is -2.17. The predicted octanol–water partition coefficient (Wildman–Crippen LogP) is 2.62. The molecule has 2 heteroatoms. The van der Waals surface area contributed by atoms with Crippen LogP contribution >= 0.6 is 0 Å². The summed E-state index contributed by atoms with van der Waals surface area (Å²) < 4.78 is 0. The zero-order chi connectivity index (χ0) is 11.5. The Labute approximate surface area is 102 Å². The maximum atomic E-state index is 3.51. The van der Waals surface area contributed by atoms with E-state index in [1.54, 1.807) is 0 Å². The lowest BCUT2D eigenvalue weighted by Gasteiger charge is -2.20. The third kappa shape index (κ3) is 2.09. The van der Waals surface area contributed by atoms with Crippen LogP contribution in [0.3, 0.4) is 0 Å². The molecule has 0 radical (unpaired) electrons. The van der Waals surface area contributed by atoms with Crippen molar-refractivity contribution in [3.63, 3.8) is 0 Å². The van der Waals surface area contributed by atoms with E-state index in [2.05, 4.69) is 71.3 Å². The Hall–Kier alpha value is -1.64. The van der Waals surface area contributed by atoms with E-state index in [9.17, 15) is 0 Å². The minimum absolute atomic E-state index is 0.360. The van der Waals surface area contributed by atoms with Crippen molar-refractivity contribution in [2.24, 2.45) is 0 Å². The van der Waals surface area contributed by atoms with Crippen molar-refractivity contribution in [3.8, 4) is 0 Å². The summed E-state index contributed by atoms with van der Waals surface area (Å²) in [6.45, 7) is 0.860. The lowest BCUT2D eigenvalue weighted by atomic mass is 9.95. The van der Waals surface area contributed by atoms with Crippen LogP contribution in [0.15, 0.2) is 60.7 Å². The second kappa shape index (κ2) is 4.70. The summed E-state index contributed by atoms with van der Waals surface area (Å²) in [4.78, 5) is 0. The SMILES string of the molecule is c1ccc([C@H]2NCN[C@@H]2c2ccccc2)cc1. The van der Waals surface area contributed by atoms with Crippen molar-refractivity contribution in [2.75, 3.05) is 6.67 Å². The molecule has 2 N–H and O–H groups in total. The summed E-state index contributed by atoms with van der Waals surface area (Å²) in [5.74, 6) is 0. The van der Waals surface area contributed by atoms with Crippen molar-refractivity contribution < 1.29 is 0 Å². The van der Waals surface area contributed by atoms with Gasteiger partial charge in [-0.3, -0.25) is 10.6 Å². The fraction of sp³-hybridized carbons (Fsp3) is 0.200. The number of benzene rings is 2. The van der Waals surface area contributed by atoms with Crippen molar-refractivity contribution in [2.45, 2.75) is 12.1 Å². The van der Waals surface area contributed by atoms with E-state index in [1.807, 2.05) is 0 Å². The number of hydrogen-bond acceptors (Lipinski definition) is 2. The van der Waals surface area contributed by atoms with Crippen LogP contribution in [0.25, 0.3) is 0 Å². The first-order valence-electron chi connectivity index (χ1n) is 6.02. The van der Waals surface area contributed by atoms with Crippen molar-refractivity contribution in [1.82, 2.24) is 10.6 Å². The van der Waals surface area contributed by atoms with Crippen LogP contribution in [0.2, 0.25) is 0 Å². The number of rotatable bonds is 2. The average Bonchev–Trinajstić information content (AvgIpc) is 2.90. The second-order valence-electron chi connectivity index (χ2n) is 4.36. The van der Waals surface area contributed by atoms with Gasteiger partial charge < -0.3 is 0 Å². The maximum Gasteiger partial charge on any atom is 0.0528 e. The third-order valence-electron chi connectivity index (χ3n) is 3.29. The van der Waals surface area contributed by atoms with Gasteiger partial charge in [-0.2, -0.15) is 0 Å². The van der Waals surface area contributed by atoms with E-state index in [4.69, 9.17) is 0 Å². The van der Waals surface area contributed by atoms with E-state index >= 15 is 0 Å². The van der Waals surface area contributed by atoms with E-state index in [-0.39, 0.29) is 0 Å². The topological polar surface area (TPSA) is 24.1 Å². The molecule has 3 rings (SSSR count). The first-order valence-corrected chi connectivity index (χ1v) is 6.02. The Balaban J connectivity index is 1.91. The van der Waals surface area contributed by atoms with Crippen molar-refractivity contribution in [3.05, 3.63) is 71.8 Å². The smallest absolute Gasteiger partial charge is 0.0528 e. The number of hydrogen-bond donors (Lipinski definition) is 2. The van der Waals surface area contributed by atoms with E-state index in [0.717, 1.165) is 6.67 Å². The molecule has 17 heavy (non-hydrogen) atoms. The molecule has 0 spiro atoms. The Morgan fingerprint density at radius 3 is 1.47 bits per heavy atom. The first-order chi connectivity index (χ1) is 8.45. The summed E-state index contributed by atoms with van der Waals surface area (Å²) in [7, 11) is 0. The zero-order valence-electron chi connectivity index (χ0n) is 9.64. The van der Waals surface area contributed by atoms with Gasteiger partial charge in [0.25, 0.3) is 0 Å². The van der Waals surface area contributed by atoms with Gasteiger partial charge in [-0.1, -0.05) is 60.7 Å². The predicted molar refractivity (Wildman–Crippen MR) is 69.5 cm³/mol. The zero-order valence-corrected chi connectivity index (χ0v) is 9.64. The van der Waals surface area contributed by atoms with Crippen LogP contribution < -0.4 is 10.6 Å². The molecule has 1 heterocycles. The molecular weight excluding hydrogens is 208 g/mol. The highest BCUT2D eigenvalue weighted by atomic mass is 15.2. The van der Waals surface area contributed by atoms with Crippen LogP contribution in [-0.4, -0.2) is 6.67 Å². The quantitative estimate of drug-likeness (QED) is 0.819. The molecule has 1 aliphatic rings. The van der Waals surface area contributed by atoms with Gasteiger partial charge in [0.1, 0.15) is 0 Å². The van der Waals surface area contributed by atoms with E-state index < -0.39 is 0 Å². The monoisotopic (exact) mass is 224 g/mol. The third-order valence-corrected chi connectivity index (χ3v) is 3.29. The van der Waals surface area contributed by atoms with Gasteiger partial charge in [0.05, 0.1) is 12.1 Å². The standard InChI is InChI=1S/C15H16N2/c1-3-7-12(8-4-1)14-15(17-11-16-14)13-9-5-2-6-10-13/h1-10,14-17H,11H2/t14-,15-/m1/s1. The molecule has 0 bridgehead atoms. The summed E-state index contributed by atoms with van der Waals surface area (Å²) >= 11 is 0. The fourth-order valence-corrected chi connectivity index (χ4v) is 2.46. The molecule has 0 saturated carbocycles. The largest absolute Gasteiger partial charge is 0.296 e. The molecule has 2 atom stereocenters. The average molecular weight is 224 g/mol. The van der Waals surface area contributed by atoms with Gasteiger partial charge >= 0.3 is 0 Å². The van der Waals surface area contributed by atoms with Crippen molar-refractivity contribution in [1.29, 1.82) is 0 Å². The molecule has 0 unspecified atom stereocenters. The van der Waals surface area contributed by atoms with Crippen LogP contribution in [-0.2, 0) is 0 Å². The highest BCUT2D eigenvalue weighted by molar-refractivity contribution is 5.28. The first kappa shape index (κ1) is 10.5. The molecular formula is C15H16N2. The number of nitrogens with one attached hydrogen (secondary N) is 2. The Morgan fingerprint density at radius 2 is 1.06 bits per heavy atom. The molecule has 0 aromatic heterocycles.